The summed E-state index contributed by atoms with van der Waals surface area (Å²) in [6.07, 6.45) is 0.470. The third-order valence-corrected chi connectivity index (χ3v) is 6.06. The second-order valence-electron chi connectivity index (χ2n) is 5.05. The summed E-state index contributed by atoms with van der Waals surface area (Å²) in [7, 11) is -4.01. The highest BCUT2D eigenvalue weighted by Gasteiger charge is 2.43. The standard InChI is InChI=1S/C13H17N3O4S2/c14-11(15)9-2-1-3-10(8-9)22(19,20)16-13(12(17)18)4-6-21-7-5-13/h1-3,8,16H,4-7H2,(H3,14,15)(H,17,18). The number of nitrogen functional groups attached to an aromatic ring is 1. The van der Waals surface area contributed by atoms with Crippen LogP contribution in [0.3, 0.4) is 0 Å². The maximum Gasteiger partial charge on any atom is 0.324 e. The molecule has 1 saturated heterocycles. The summed E-state index contributed by atoms with van der Waals surface area (Å²) in [4.78, 5) is 11.5. The summed E-state index contributed by atoms with van der Waals surface area (Å²) < 4.78 is 27.3. The fourth-order valence-electron chi connectivity index (χ4n) is 2.23. The van der Waals surface area contributed by atoms with Crippen LogP contribution in [0.15, 0.2) is 29.2 Å². The van der Waals surface area contributed by atoms with E-state index in [1.54, 1.807) is 11.8 Å². The minimum Gasteiger partial charge on any atom is -0.480 e. The smallest absolute Gasteiger partial charge is 0.324 e. The fourth-order valence-corrected chi connectivity index (χ4v) is 4.88. The molecule has 0 saturated carbocycles. The number of aliphatic carboxylic acids is 1. The Balaban J connectivity index is 2.35. The van der Waals surface area contributed by atoms with Gasteiger partial charge in [0.15, 0.2) is 0 Å². The van der Waals surface area contributed by atoms with Crippen molar-refractivity contribution in [2.24, 2.45) is 5.73 Å². The molecule has 22 heavy (non-hydrogen) atoms. The predicted molar refractivity (Wildman–Crippen MR) is 84.7 cm³/mol. The summed E-state index contributed by atoms with van der Waals surface area (Å²) in [6, 6.07) is 5.60. The molecule has 0 aromatic heterocycles. The van der Waals surface area contributed by atoms with E-state index >= 15 is 0 Å². The van der Waals surface area contributed by atoms with E-state index in [0.717, 1.165) is 0 Å². The van der Waals surface area contributed by atoms with E-state index in [9.17, 15) is 18.3 Å². The van der Waals surface area contributed by atoms with Gasteiger partial charge in [0.1, 0.15) is 11.4 Å². The van der Waals surface area contributed by atoms with Gasteiger partial charge in [0.25, 0.3) is 0 Å². The molecule has 0 radical (unpaired) electrons. The molecule has 1 heterocycles. The molecule has 0 spiro atoms. The number of amidine groups is 1. The van der Waals surface area contributed by atoms with Crippen molar-refractivity contribution in [1.29, 1.82) is 5.41 Å². The average molecular weight is 343 g/mol. The van der Waals surface area contributed by atoms with E-state index in [1.807, 2.05) is 0 Å². The quantitative estimate of drug-likeness (QED) is 0.457. The maximum absolute atomic E-state index is 12.5. The molecule has 5 N–H and O–H groups in total. The number of nitrogens with one attached hydrogen (secondary N) is 2. The first-order valence-corrected chi connectivity index (χ1v) is 9.20. The van der Waals surface area contributed by atoms with Crippen LogP contribution >= 0.6 is 11.8 Å². The fraction of sp³-hybridized carbons (Fsp3) is 0.385. The average Bonchev–Trinajstić information content (AvgIpc) is 2.47. The Morgan fingerprint density at radius 3 is 2.55 bits per heavy atom. The van der Waals surface area contributed by atoms with Crippen LogP contribution in [0.25, 0.3) is 0 Å². The summed E-state index contributed by atoms with van der Waals surface area (Å²) >= 11 is 1.60. The zero-order valence-electron chi connectivity index (χ0n) is 11.7. The lowest BCUT2D eigenvalue weighted by Crippen LogP contribution is -2.56. The van der Waals surface area contributed by atoms with Crippen LogP contribution in [-0.4, -0.2) is 42.4 Å². The number of nitrogens with two attached hydrogens (primary N) is 1. The first-order chi connectivity index (χ1) is 10.3. The van der Waals surface area contributed by atoms with Crippen molar-refractivity contribution in [2.45, 2.75) is 23.3 Å². The van der Waals surface area contributed by atoms with Crippen LogP contribution in [0.5, 0.6) is 0 Å². The molecule has 9 heteroatoms. The monoisotopic (exact) mass is 343 g/mol. The number of thioether (sulfide) groups is 1. The second kappa shape index (κ2) is 6.27. The highest BCUT2D eigenvalue weighted by molar-refractivity contribution is 7.99. The summed E-state index contributed by atoms with van der Waals surface area (Å²) in [5.74, 6) is -0.247. The van der Waals surface area contributed by atoms with Crippen molar-refractivity contribution in [3.8, 4) is 0 Å². The SMILES string of the molecule is N=C(N)c1cccc(S(=O)(=O)NC2(C(=O)O)CCSCC2)c1. The highest BCUT2D eigenvalue weighted by Crippen LogP contribution is 2.29. The number of carboxylic acid groups (broad SMARTS) is 1. The summed E-state index contributed by atoms with van der Waals surface area (Å²) in [6.45, 7) is 0. The first kappa shape index (κ1) is 16.8. The molecule has 0 unspecified atom stereocenters. The number of rotatable bonds is 5. The van der Waals surface area contributed by atoms with Gasteiger partial charge < -0.3 is 10.8 Å². The van der Waals surface area contributed by atoms with Gasteiger partial charge in [-0.2, -0.15) is 16.5 Å². The molecule has 7 nitrogen and oxygen atoms in total. The predicted octanol–water partition coefficient (Wildman–Crippen LogP) is 0.599. The van der Waals surface area contributed by atoms with Crippen LogP contribution in [0.2, 0.25) is 0 Å². The van der Waals surface area contributed by atoms with Gasteiger partial charge in [-0.1, -0.05) is 12.1 Å². The minimum absolute atomic E-state index is 0.0981. The third kappa shape index (κ3) is 3.42. The zero-order valence-corrected chi connectivity index (χ0v) is 13.3. The number of carboxylic acids is 1. The molecule has 1 aromatic carbocycles. The second-order valence-corrected chi connectivity index (χ2v) is 7.95. The molecule has 1 aromatic rings. The largest absolute Gasteiger partial charge is 0.480 e. The molecular formula is C13H17N3O4S2. The minimum atomic E-state index is -4.01. The van der Waals surface area contributed by atoms with Gasteiger partial charge >= 0.3 is 5.97 Å². The summed E-state index contributed by atoms with van der Waals surface area (Å²) in [5, 5.41) is 16.8. The van der Waals surface area contributed by atoms with Gasteiger partial charge in [0.2, 0.25) is 10.0 Å². The maximum atomic E-state index is 12.5. The Kier molecular flexibility index (Phi) is 4.78. The molecular weight excluding hydrogens is 326 g/mol. The van der Waals surface area contributed by atoms with Crippen molar-refractivity contribution in [3.05, 3.63) is 29.8 Å². The Hall–Kier alpha value is -1.58. The zero-order chi connectivity index (χ0) is 16.4. The van der Waals surface area contributed by atoms with Crippen LogP contribution in [-0.2, 0) is 14.8 Å². The van der Waals surface area contributed by atoms with Gasteiger partial charge in [0, 0.05) is 5.56 Å². The van der Waals surface area contributed by atoms with E-state index in [4.69, 9.17) is 11.1 Å². The van der Waals surface area contributed by atoms with Crippen molar-refractivity contribution in [1.82, 2.24) is 4.72 Å². The molecule has 2 rings (SSSR count). The van der Waals surface area contributed by atoms with Crippen LogP contribution < -0.4 is 10.5 Å². The Morgan fingerprint density at radius 1 is 1.36 bits per heavy atom. The van der Waals surface area contributed by atoms with E-state index in [0.29, 0.717) is 11.5 Å². The van der Waals surface area contributed by atoms with Crippen LogP contribution in [0.1, 0.15) is 18.4 Å². The van der Waals surface area contributed by atoms with E-state index in [2.05, 4.69) is 4.72 Å². The lowest BCUT2D eigenvalue weighted by molar-refractivity contribution is -0.144. The first-order valence-electron chi connectivity index (χ1n) is 6.56. The molecule has 0 amide bonds. The van der Waals surface area contributed by atoms with Gasteiger partial charge in [0.05, 0.1) is 4.90 Å². The molecule has 0 atom stereocenters. The number of hydrogen-bond donors (Lipinski definition) is 4. The van der Waals surface area contributed by atoms with Crippen LogP contribution in [0.4, 0.5) is 0 Å². The molecule has 1 aliphatic heterocycles. The van der Waals surface area contributed by atoms with Gasteiger partial charge in [-0.3, -0.25) is 10.2 Å². The molecule has 0 bridgehead atoms. The van der Waals surface area contributed by atoms with Crippen molar-refractivity contribution in [2.75, 3.05) is 11.5 Å². The number of carbonyl (C=O) groups is 1. The van der Waals surface area contributed by atoms with Gasteiger partial charge in [-0.25, -0.2) is 8.42 Å². The summed E-state index contributed by atoms with van der Waals surface area (Å²) in [5.41, 5.74) is 4.15. The van der Waals surface area contributed by atoms with Crippen LogP contribution in [0, 0.1) is 5.41 Å². The lowest BCUT2D eigenvalue weighted by Gasteiger charge is -2.33. The normalized spacial score (nSPS) is 17.8. The van der Waals surface area contributed by atoms with E-state index in [1.165, 1.54) is 24.3 Å². The molecule has 1 aliphatic rings. The Morgan fingerprint density at radius 2 is 2.00 bits per heavy atom. The van der Waals surface area contributed by atoms with Gasteiger partial charge in [-0.05, 0) is 36.5 Å². The third-order valence-electron chi connectivity index (χ3n) is 3.54. The van der Waals surface area contributed by atoms with Gasteiger partial charge in [-0.15, -0.1) is 0 Å². The lowest BCUT2D eigenvalue weighted by atomic mass is 9.94. The molecule has 0 aliphatic carbocycles. The molecule has 1 fully saturated rings. The molecule has 120 valence electrons. The van der Waals surface area contributed by atoms with E-state index in [-0.39, 0.29) is 29.1 Å². The number of sulfonamides is 1. The number of benzene rings is 1. The van der Waals surface area contributed by atoms with Crippen molar-refractivity contribution < 1.29 is 18.3 Å². The van der Waals surface area contributed by atoms with Crippen molar-refractivity contribution >= 4 is 33.6 Å². The van der Waals surface area contributed by atoms with E-state index < -0.39 is 21.5 Å². The Labute approximate surface area is 132 Å². The van der Waals surface area contributed by atoms with Crippen molar-refractivity contribution in [3.63, 3.8) is 0 Å². The highest BCUT2D eigenvalue weighted by atomic mass is 32.2. The topological polar surface area (TPSA) is 133 Å². The number of hydrogen-bond acceptors (Lipinski definition) is 5. The Bertz CT molecular complexity index is 697.